The van der Waals surface area contributed by atoms with Gasteiger partial charge in [0, 0.05) is 6.42 Å². The molecule has 0 rings (SSSR count). The van der Waals surface area contributed by atoms with E-state index in [1.165, 1.54) is 6.42 Å². The molecule has 5 heteroatoms. The van der Waals surface area contributed by atoms with Gasteiger partial charge in [0.05, 0.1) is 0 Å². The van der Waals surface area contributed by atoms with Crippen LogP contribution in [-0.4, -0.2) is 18.8 Å². The van der Waals surface area contributed by atoms with Crippen LogP contribution in [-0.2, 0) is 9.53 Å². The van der Waals surface area contributed by atoms with Crippen LogP contribution in [0, 0.1) is 0 Å². The number of unbranched alkanes of at least 4 members (excludes halogenated alkanes) is 5. The number of carbonyl (C=O) groups is 1. The van der Waals surface area contributed by atoms with E-state index in [1.807, 2.05) is 0 Å². The summed E-state index contributed by atoms with van der Waals surface area (Å²) in [6.07, 6.45) is 1.61. The van der Waals surface area contributed by atoms with Gasteiger partial charge < -0.3 is 4.74 Å². The Morgan fingerprint density at radius 2 is 1.62 bits per heavy atom. The smallest absolute Gasteiger partial charge is 0.422 e. The van der Waals surface area contributed by atoms with Crippen molar-refractivity contribution in [2.45, 2.75) is 58.0 Å². The van der Waals surface area contributed by atoms with Gasteiger partial charge >= 0.3 is 12.1 Å². The molecule has 0 atom stereocenters. The molecule has 0 aliphatic carbocycles. The van der Waals surface area contributed by atoms with Gasteiger partial charge in [-0.25, -0.2) is 0 Å². The van der Waals surface area contributed by atoms with E-state index in [0.29, 0.717) is 6.42 Å². The van der Waals surface area contributed by atoms with Gasteiger partial charge in [-0.15, -0.1) is 0 Å². The summed E-state index contributed by atoms with van der Waals surface area (Å²) in [4.78, 5) is 10.9. The van der Waals surface area contributed by atoms with Crippen molar-refractivity contribution in [2.24, 2.45) is 0 Å². The van der Waals surface area contributed by atoms with Crippen molar-refractivity contribution in [1.29, 1.82) is 0 Å². The second-order valence-corrected chi connectivity index (χ2v) is 3.79. The SMILES string of the molecule is CCCCCCCCC(=O)OCC(F)(F)F. The first-order valence-electron chi connectivity index (χ1n) is 5.68. The van der Waals surface area contributed by atoms with E-state index in [4.69, 9.17) is 0 Å². The highest BCUT2D eigenvalue weighted by atomic mass is 19.4. The summed E-state index contributed by atoms with van der Waals surface area (Å²) in [5.41, 5.74) is 0. The molecule has 2 nitrogen and oxygen atoms in total. The zero-order valence-electron chi connectivity index (χ0n) is 9.61. The molecule has 96 valence electrons. The zero-order valence-corrected chi connectivity index (χ0v) is 9.61. The minimum Gasteiger partial charge on any atom is -0.456 e. The third-order valence-electron chi connectivity index (χ3n) is 2.13. The average molecular weight is 240 g/mol. The average Bonchev–Trinajstić information content (AvgIpc) is 2.19. The lowest BCUT2D eigenvalue weighted by Crippen LogP contribution is -2.20. The van der Waals surface area contributed by atoms with Crippen LogP contribution in [0.3, 0.4) is 0 Å². The number of ether oxygens (including phenoxy) is 1. The van der Waals surface area contributed by atoms with E-state index in [1.54, 1.807) is 0 Å². The van der Waals surface area contributed by atoms with Crippen molar-refractivity contribution in [3.63, 3.8) is 0 Å². The number of esters is 1. The molecule has 0 unspecified atom stereocenters. The Labute approximate surface area is 94.2 Å². The quantitative estimate of drug-likeness (QED) is 0.476. The lowest BCUT2D eigenvalue weighted by molar-refractivity contribution is -0.186. The van der Waals surface area contributed by atoms with Crippen LogP contribution in [0.25, 0.3) is 0 Å². The fourth-order valence-electron chi connectivity index (χ4n) is 1.28. The monoisotopic (exact) mass is 240 g/mol. The Kier molecular flexibility index (Phi) is 8.03. The highest BCUT2D eigenvalue weighted by molar-refractivity contribution is 5.69. The summed E-state index contributed by atoms with van der Waals surface area (Å²) in [5, 5.41) is 0. The Morgan fingerprint density at radius 3 is 2.19 bits per heavy atom. The molecular formula is C11H19F3O2. The summed E-state index contributed by atoms with van der Waals surface area (Å²) in [7, 11) is 0. The molecule has 0 saturated carbocycles. The van der Waals surface area contributed by atoms with Crippen LogP contribution in [0.15, 0.2) is 0 Å². The van der Waals surface area contributed by atoms with E-state index in [9.17, 15) is 18.0 Å². The van der Waals surface area contributed by atoms with Crippen molar-refractivity contribution in [3.8, 4) is 0 Å². The highest BCUT2D eigenvalue weighted by Crippen LogP contribution is 2.15. The molecule has 0 aromatic rings. The summed E-state index contributed by atoms with van der Waals surface area (Å²) in [6.45, 7) is 0.635. The molecule has 16 heavy (non-hydrogen) atoms. The third kappa shape index (κ3) is 11.3. The molecule has 0 radical (unpaired) electrons. The van der Waals surface area contributed by atoms with Gasteiger partial charge in [-0.1, -0.05) is 39.0 Å². The molecular weight excluding hydrogens is 221 g/mol. The molecule has 0 aromatic carbocycles. The molecule has 0 aromatic heterocycles. The zero-order chi connectivity index (χ0) is 12.4. The van der Waals surface area contributed by atoms with E-state index in [-0.39, 0.29) is 6.42 Å². The molecule has 0 aliphatic heterocycles. The number of hydrogen-bond donors (Lipinski definition) is 0. The van der Waals surface area contributed by atoms with E-state index in [0.717, 1.165) is 25.7 Å². The predicted octanol–water partition coefficient (Wildman–Crippen LogP) is 3.84. The first-order valence-corrected chi connectivity index (χ1v) is 5.68. The van der Waals surface area contributed by atoms with Crippen LogP contribution in [0.5, 0.6) is 0 Å². The third-order valence-corrected chi connectivity index (χ3v) is 2.13. The van der Waals surface area contributed by atoms with Gasteiger partial charge in [-0.2, -0.15) is 13.2 Å². The Hall–Kier alpha value is -0.740. The number of alkyl halides is 3. The summed E-state index contributed by atoms with van der Waals surface area (Å²) in [6, 6.07) is 0. The number of hydrogen-bond acceptors (Lipinski definition) is 2. The second-order valence-electron chi connectivity index (χ2n) is 3.79. The van der Waals surface area contributed by atoms with Crippen molar-refractivity contribution < 1.29 is 22.7 Å². The van der Waals surface area contributed by atoms with Gasteiger partial charge in [0.25, 0.3) is 0 Å². The molecule has 0 heterocycles. The normalized spacial score (nSPS) is 11.5. The number of carbonyl (C=O) groups excluding carboxylic acids is 1. The maximum absolute atomic E-state index is 11.7. The van der Waals surface area contributed by atoms with Crippen molar-refractivity contribution >= 4 is 5.97 Å². The standard InChI is InChI=1S/C11H19F3O2/c1-2-3-4-5-6-7-8-10(15)16-9-11(12,13)14/h2-9H2,1H3. The highest BCUT2D eigenvalue weighted by Gasteiger charge is 2.29. The number of rotatable bonds is 8. The molecule has 0 N–H and O–H groups in total. The largest absolute Gasteiger partial charge is 0.456 e. The van der Waals surface area contributed by atoms with Crippen LogP contribution in [0.1, 0.15) is 51.9 Å². The van der Waals surface area contributed by atoms with E-state index in [2.05, 4.69) is 11.7 Å². The maximum Gasteiger partial charge on any atom is 0.422 e. The van der Waals surface area contributed by atoms with Gasteiger partial charge in [0.1, 0.15) is 0 Å². The van der Waals surface area contributed by atoms with Crippen molar-refractivity contribution in [2.75, 3.05) is 6.61 Å². The van der Waals surface area contributed by atoms with Crippen molar-refractivity contribution in [1.82, 2.24) is 0 Å². The Bertz CT molecular complexity index is 190. The van der Waals surface area contributed by atoms with E-state index < -0.39 is 18.8 Å². The lowest BCUT2D eigenvalue weighted by Gasteiger charge is -2.07. The van der Waals surface area contributed by atoms with Crippen molar-refractivity contribution in [3.05, 3.63) is 0 Å². The predicted molar refractivity (Wildman–Crippen MR) is 55.0 cm³/mol. The van der Waals surface area contributed by atoms with Crippen LogP contribution in [0.2, 0.25) is 0 Å². The summed E-state index contributed by atoms with van der Waals surface area (Å²) < 4.78 is 39.1. The Morgan fingerprint density at radius 1 is 1.06 bits per heavy atom. The molecule has 0 amide bonds. The molecule has 0 spiro atoms. The van der Waals surface area contributed by atoms with Crippen LogP contribution in [0.4, 0.5) is 13.2 Å². The van der Waals surface area contributed by atoms with Crippen LogP contribution < -0.4 is 0 Å². The van der Waals surface area contributed by atoms with Gasteiger partial charge in [0.2, 0.25) is 0 Å². The molecule has 0 aliphatic rings. The maximum atomic E-state index is 11.7. The fourth-order valence-corrected chi connectivity index (χ4v) is 1.28. The molecule has 0 saturated heterocycles. The first kappa shape index (κ1) is 15.3. The molecule has 0 bridgehead atoms. The number of halogens is 3. The van der Waals surface area contributed by atoms with E-state index >= 15 is 0 Å². The minimum absolute atomic E-state index is 0.0855. The van der Waals surface area contributed by atoms with Crippen LogP contribution >= 0.6 is 0 Å². The molecule has 0 fully saturated rings. The summed E-state index contributed by atoms with van der Waals surface area (Å²) >= 11 is 0. The fraction of sp³-hybridized carbons (Fsp3) is 0.909. The van der Waals surface area contributed by atoms with Gasteiger partial charge in [-0.3, -0.25) is 4.79 Å². The topological polar surface area (TPSA) is 26.3 Å². The minimum atomic E-state index is -4.42. The first-order chi connectivity index (χ1) is 7.45. The lowest BCUT2D eigenvalue weighted by atomic mass is 10.1. The Balaban J connectivity index is 3.31. The van der Waals surface area contributed by atoms with Gasteiger partial charge in [-0.05, 0) is 6.42 Å². The summed E-state index contributed by atoms with van der Waals surface area (Å²) in [5.74, 6) is -0.757. The van der Waals surface area contributed by atoms with Gasteiger partial charge in [0.15, 0.2) is 6.61 Å². The second kappa shape index (κ2) is 8.42.